The molecule has 8 heteroatoms. The molecule has 3 aliphatic rings. The molecule has 2 aliphatic heterocycles. The number of amides is 2. The highest BCUT2D eigenvalue weighted by molar-refractivity contribution is 7.89. The van der Waals surface area contributed by atoms with Crippen LogP contribution in [0.2, 0.25) is 0 Å². The number of hydrogen-bond acceptors (Lipinski definition) is 4. The van der Waals surface area contributed by atoms with Crippen LogP contribution in [0.4, 0.5) is 0 Å². The topological polar surface area (TPSA) is 86.8 Å². The van der Waals surface area contributed by atoms with Gasteiger partial charge >= 0.3 is 0 Å². The minimum absolute atomic E-state index is 0.123. The van der Waals surface area contributed by atoms with Crippen molar-refractivity contribution in [1.82, 2.24) is 14.5 Å². The molecule has 0 bridgehead atoms. The van der Waals surface area contributed by atoms with Gasteiger partial charge in [0.2, 0.25) is 21.8 Å². The molecule has 0 atom stereocenters. The molecule has 1 saturated carbocycles. The lowest BCUT2D eigenvalue weighted by atomic mass is 9.95. The zero-order chi connectivity index (χ0) is 22.9. The summed E-state index contributed by atoms with van der Waals surface area (Å²) in [6.45, 7) is 6.23. The SMILES string of the molecule is CC(C)c1ccc(S(=O)(=O)N2CCC(C(=O)N3CCC(NC(=O)C4CC4)CC3)CC2)cc1. The van der Waals surface area contributed by atoms with Gasteiger partial charge < -0.3 is 10.2 Å². The molecule has 2 saturated heterocycles. The quantitative estimate of drug-likeness (QED) is 0.706. The molecule has 3 fully saturated rings. The maximum atomic E-state index is 13.0. The molecule has 2 amide bonds. The van der Waals surface area contributed by atoms with Crippen molar-refractivity contribution in [2.24, 2.45) is 11.8 Å². The summed E-state index contributed by atoms with van der Waals surface area (Å²) in [6.07, 6.45) is 4.70. The standard InChI is InChI=1S/C24H35N3O4S/c1-17(2)18-5-7-22(8-6-18)32(30,31)27-15-9-20(10-16-27)24(29)26-13-11-21(12-14-26)25-23(28)19-3-4-19/h5-8,17,19-21H,3-4,9-16H2,1-2H3,(H,25,28). The van der Waals surface area contributed by atoms with Crippen LogP contribution in [0.15, 0.2) is 29.2 Å². The van der Waals surface area contributed by atoms with Gasteiger partial charge in [-0.2, -0.15) is 4.31 Å². The molecular weight excluding hydrogens is 426 g/mol. The average Bonchev–Trinajstić information content (AvgIpc) is 3.65. The van der Waals surface area contributed by atoms with Gasteiger partial charge in [0, 0.05) is 44.1 Å². The molecule has 1 aromatic rings. The van der Waals surface area contributed by atoms with Crippen molar-refractivity contribution in [1.29, 1.82) is 0 Å². The Morgan fingerprint density at radius 1 is 0.875 bits per heavy atom. The fourth-order valence-corrected chi connectivity index (χ4v) is 6.15. The lowest BCUT2D eigenvalue weighted by Crippen LogP contribution is -2.50. The Kier molecular flexibility index (Phi) is 6.91. The number of carbonyl (C=O) groups excluding carboxylic acids is 2. The van der Waals surface area contributed by atoms with Crippen LogP contribution in [-0.2, 0) is 19.6 Å². The zero-order valence-corrected chi connectivity index (χ0v) is 19.9. The second-order valence-corrected chi connectivity index (χ2v) is 11.7. The van der Waals surface area contributed by atoms with E-state index >= 15 is 0 Å². The Bertz CT molecular complexity index is 924. The van der Waals surface area contributed by atoms with E-state index < -0.39 is 10.0 Å². The van der Waals surface area contributed by atoms with Gasteiger partial charge in [-0.25, -0.2) is 8.42 Å². The van der Waals surface area contributed by atoms with E-state index in [0.29, 0.717) is 49.8 Å². The smallest absolute Gasteiger partial charge is 0.243 e. The molecule has 0 unspecified atom stereocenters. The van der Waals surface area contributed by atoms with Gasteiger partial charge in [0.1, 0.15) is 0 Å². The normalized spacial score (nSPS) is 21.7. The van der Waals surface area contributed by atoms with Crippen molar-refractivity contribution in [3.05, 3.63) is 29.8 Å². The van der Waals surface area contributed by atoms with Gasteiger partial charge in [-0.1, -0.05) is 26.0 Å². The minimum atomic E-state index is -3.53. The second-order valence-electron chi connectivity index (χ2n) is 9.78. The fraction of sp³-hybridized carbons (Fsp3) is 0.667. The van der Waals surface area contributed by atoms with Crippen molar-refractivity contribution in [2.45, 2.75) is 69.2 Å². The van der Waals surface area contributed by atoms with Crippen molar-refractivity contribution < 1.29 is 18.0 Å². The molecule has 1 N–H and O–H groups in total. The van der Waals surface area contributed by atoms with E-state index in [0.717, 1.165) is 31.2 Å². The molecule has 7 nitrogen and oxygen atoms in total. The number of benzene rings is 1. The van der Waals surface area contributed by atoms with Crippen LogP contribution in [0, 0.1) is 11.8 Å². The number of nitrogens with one attached hydrogen (secondary N) is 1. The largest absolute Gasteiger partial charge is 0.353 e. The lowest BCUT2D eigenvalue weighted by molar-refractivity contribution is -0.138. The molecule has 32 heavy (non-hydrogen) atoms. The van der Waals surface area contributed by atoms with Crippen molar-refractivity contribution in [3.8, 4) is 0 Å². The van der Waals surface area contributed by atoms with Crippen LogP contribution in [0.1, 0.15) is 63.9 Å². The summed E-state index contributed by atoms with van der Waals surface area (Å²) in [5.74, 6) is 0.747. The zero-order valence-electron chi connectivity index (χ0n) is 19.1. The van der Waals surface area contributed by atoms with Crippen LogP contribution in [-0.4, -0.2) is 61.7 Å². The predicted octanol–water partition coefficient (Wildman–Crippen LogP) is 2.73. The summed E-state index contributed by atoms with van der Waals surface area (Å²) in [5.41, 5.74) is 1.11. The first-order chi connectivity index (χ1) is 15.3. The highest BCUT2D eigenvalue weighted by atomic mass is 32.2. The van der Waals surface area contributed by atoms with E-state index in [-0.39, 0.29) is 29.7 Å². The van der Waals surface area contributed by atoms with E-state index in [1.807, 2.05) is 17.0 Å². The van der Waals surface area contributed by atoms with E-state index in [4.69, 9.17) is 0 Å². The Morgan fingerprint density at radius 2 is 1.47 bits per heavy atom. The van der Waals surface area contributed by atoms with Crippen LogP contribution in [0.25, 0.3) is 0 Å². The third kappa shape index (κ3) is 5.17. The van der Waals surface area contributed by atoms with Gasteiger partial charge in [0.25, 0.3) is 0 Å². The molecule has 1 aromatic carbocycles. The van der Waals surface area contributed by atoms with Gasteiger partial charge in [-0.05, 0) is 62.1 Å². The molecule has 176 valence electrons. The van der Waals surface area contributed by atoms with Crippen molar-refractivity contribution in [2.75, 3.05) is 26.2 Å². The first kappa shape index (κ1) is 23.2. The Balaban J connectivity index is 1.26. The summed E-state index contributed by atoms with van der Waals surface area (Å²) in [4.78, 5) is 27.2. The maximum Gasteiger partial charge on any atom is 0.243 e. The van der Waals surface area contributed by atoms with E-state index in [1.165, 1.54) is 4.31 Å². The third-order valence-corrected chi connectivity index (χ3v) is 9.00. The molecule has 4 rings (SSSR count). The molecule has 2 heterocycles. The Hall–Kier alpha value is -1.93. The number of nitrogens with zero attached hydrogens (tertiary/aromatic N) is 2. The Morgan fingerprint density at radius 3 is 2.00 bits per heavy atom. The van der Waals surface area contributed by atoms with E-state index in [1.54, 1.807) is 12.1 Å². The van der Waals surface area contributed by atoms with E-state index in [2.05, 4.69) is 19.2 Å². The first-order valence-electron chi connectivity index (χ1n) is 11.9. The third-order valence-electron chi connectivity index (χ3n) is 7.09. The van der Waals surface area contributed by atoms with Crippen LogP contribution in [0.5, 0.6) is 0 Å². The summed E-state index contributed by atoms with van der Waals surface area (Å²) in [7, 11) is -3.53. The molecular formula is C24H35N3O4S. The monoisotopic (exact) mass is 461 g/mol. The van der Waals surface area contributed by atoms with Crippen LogP contribution >= 0.6 is 0 Å². The molecule has 0 radical (unpaired) electrons. The van der Waals surface area contributed by atoms with E-state index in [9.17, 15) is 18.0 Å². The predicted molar refractivity (Wildman–Crippen MR) is 122 cm³/mol. The number of rotatable bonds is 6. The Labute approximate surface area is 191 Å². The van der Waals surface area contributed by atoms with Crippen LogP contribution in [0.3, 0.4) is 0 Å². The van der Waals surface area contributed by atoms with Crippen molar-refractivity contribution in [3.63, 3.8) is 0 Å². The fourth-order valence-electron chi connectivity index (χ4n) is 4.68. The van der Waals surface area contributed by atoms with Gasteiger partial charge in [0.05, 0.1) is 4.90 Å². The minimum Gasteiger partial charge on any atom is -0.353 e. The number of carbonyl (C=O) groups is 2. The summed E-state index contributed by atoms with van der Waals surface area (Å²) in [5, 5.41) is 3.12. The second kappa shape index (κ2) is 9.51. The van der Waals surface area contributed by atoms with Gasteiger partial charge in [0.15, 0.2) is 0 Å². The number of likely N-dealkylation sites (tertiary alicyclic amines) is 1. The number of hydrogen-bond donors (Lipinski definition) is 1. The molecule has 0 spiro atoms. The number of sulfonamides is 1. The maximum absolute atomic E-state index is 13.0. The average molecular weight is 462 g/mol. The van der Waals surface area contributed by atoms with Crippen molar-refractivity contribution >= 4 is 21.8 Å². The summed E-state index contributed by atoms with van der Waals surface area (Å²) in [6, 6.07) is 7.30. The summed E-state index contributed by atoms with van der Waals surface area (Å²) >= 11 is 0. The first-order valence-corrected chi connectivity index (χ1v) is 13.4. The van der Waals surface area contributed by atoms with Crippen LogP contribution < -0.4 is 5.32 Å². The lowest BCUT2D eigenvalue weighted by Gasteiger charge is -2.37. The highest BCUT2D eigenvalue weighted by Gasteiger charge is 2.36. The number of piperidine rings is 2. The van der Waals surface area contributed by atoms with Gasteiger partial charge in [-0.15, -0.1) is 0 Å². The molecule has 0 aromatic heterocycles. The highest BCUT2D eigenvalue weighted by Crippen LogP contribution is 2.30. The van der Waals surface area contributed by atoms with Gasteiger partial charge in [-0.3, -0.25) is 9.59 Å². The molecule has 1 aliphatic carbocycles. The summed E-state index contributed by atoms with van der Waals surface area (Å²) < 4.78 is 27.6.